The highest BCUT2D eigenvalue weighted by Gasteiger charge is 2.31. The van der Waals surface area contributed by atoms with Gasteiger partial charge in [-0.1, -0.05) is 18.9 Å². The predicted octanol–water partition coefficient (Wildman–Crippen LogP) is 3.61. The molecule has 1 amide bonds. The third kappa shape index (κ3) is 3.67. The van der Waals surface area contributed by atoms with E-state index >= 15 is 0 Å². The third-order valence-corrected chi connectivity index (χ3v) is 6.12. The number of thiophene rings is 1. The van der Waals surface area contributed by atoms with Gasteiger partial charge in [0.2, 0.25) is 5.91 Å². The largest absolute Gasteiger partial charge is 0.348 e. The maximum atomic E-state index is 12.6. The molecule has 1 atom stereocenters. The van der Waals surface area contributed by atoms with E-state index in [9.17, 15) is 4.79 Å². The zero-order valence-electron chi connectivity index (χ0n) is 12.6. The smallest absolute Gasteiger partial charge is 0.223 e. The molecule has 1 aromatic rings. The highest BCUT2D eigenvalue weighted by atomic mass is 32.1. The van der Waals surface area contributed by atoms with Crippen molar-refractivity contribution in [3.63, 3.8) is 0 Å². The van der Waals surface area contributed by atoms with Crippen LogP contribution in [-0.2, 0) is 4.79 Å². The van der Waals surface area contributed by atoms with E-state index in [0.717, 1.165) is 25.7 Å². The molecule has 2 saturated carbocycles. The Labute approximate surface area is 131 Å². The summed E-state index contributed by atoms with van der Waals surface area (Å²) in [6, 6.07) is 4.80. The lowest BCUT2D eigenvalue weighted by Gasteiger charge is -2.29. The fourth-order valence-corrected chi connectivity index (χ4v) is 4.70. The van der Waals surface area contributed by atoms with Gasteiger partial charge in [-0.05, 0) is 55.9 Å². The molecule has 0 radical (unpaired) electrons. The van der Waals surface area contributed by atoms with Crippen LogP contribution in [0.1, 0.15) is 62.3 Å². The molecule has 4 heteroatoms. The van der Waals surface area contributed by atoms with E-state index in [0.29, 0.717) is 12.0 Å². The van der Waals surface area contributed by atoms with Crippen LogP contribution in [0.3, 0.4) is 0 Å². The van der Waals surface area contributed by atoms with E-state index in [1.165, 1.54) is 30.6 Å². The van der Waals surface area contributed by atoms with Crippen molar-refractivity contribution in [1.82, 2.24) is 5.32 Å². The number of amides is 1. The zero-order chi connectivity index (χ0) is 14.7. The van der Waals surface area contributed by atoms with Gasteiger partial charge in [-0.25, -0.2) is 0 Å². The minimum atomic E-state index is 0.175. The Morgan fingerprint density at radius 1 is 1.19 bits per heavy atom. The molecule has 3 rings (SSSR count). The summed E-state index contributed by atoms with van der Waals surface area (Å²) in [7, 11) is 0. The van der Waals surface area contributed by atoms with Gasteiger partial charge >= 0.3 is 0 Å². The van der Waals surface area contributed by atoms with Gasteiger partial charge in [-0.3, -0.25) is 4.79 Å². The quantitative estimate of drug-likeness (QED) is 0.892. The van der Waals surface area contributed by atoms with Gasteiger partial charge < -0.3 is 11.1 Å². The Morgan fingerprint density at radius 3 is 2.52 bits per heavy atom. The molecule has 0 aromatic carbocycles. The van der Waals surface area contributed by atoms with Crippen molar-refractivity contribution in [2.75, 3.05) is 0 Å². The topological polar surface area (TPSA) is 55.1 Å². The van der Waals surface area contributed by atoms with Gasteiger partial charge in [0.1, 0.15) is 0 Å². The summed E-state index contributed by atoms with van der Waals surface area (Å²) in [6.45, 7) is 0. The Hall–Kier alpha value is -0.870. The SMILES string of the molecule is NC1CCC(C(=O)NC(c2cccs2)C2CCCC2)CC1. The molecular formula is C17H26N2OS. The van der Waals surface area contributed by atoms with Gasteiger partial charge in [0.25, 0.3) is 0 Å². The summed E-state index contributed by atoms with van der Waals surface area (Å²) >= 11 is 1.77. The average molecular weight is 306 g/mol. The molecule has 1 aromatic heterocycles. The number of carbonyl (C=O) groups is 1. The molecule has 0 saturated heterocycles. The van der Waals surface area contributed by atoms with Crippen LogP contribution < -0.4 is 11.1 Å². The molecule has 21 heavy (non-hydrogen) atoms. The van der Waals surface area contributed by atoms with Crippen LogP contribution in [0.15, 0.2) is 17.5 Å². The van der Waals surface area contributed by atoms with Crippen molar-refractivity contribution >= 4 is 17.2 Å². The molecule has 1 unspecified atom stereocenters. The summed E-state index contributed by atoms with van der Waals surface area (Å²) < 4.78 is 0. The molecule has 1 heterocycles. The molecule has 0 bridgehead atoms. The summed E-state index contributed by atoms with van der Waals surface area (Å²) in [5, 5.41) is 5.49. The maximum Gasteiger partial charge on any atom is 0.223 e. The molecule has 2 aliphatic rings. The Morgan fingerprint density at radius 2 is 1.90 bits per heavy atom. The third-order valence-electron chi connectivity index (χ3n) is 5.16. The monoisotopic (exact) mass is 306 g/mol. The van der Waals surface area contributed by atoms with Crippen molar-refractivity contribution in [3.8, 4) is 0 Å². The highest BCUT2D eigenvalue weighted by molar-refractivity contribution is 7.10. The maximum absolute atomic E-state index is 12.6. The first-order valence-corrected chi connectivity index (χ1v) is 9.21. The van der Waals surface area contributed by atoms with Gasteiger partial charge in [-0.2, -0.15) is 0 Å². The number of nitrogens with one attached hydrogen (secondary N) is 1. The highest BCUT2D eigenvalue weighted by Crippen LogP contribution is 2.38. The fourth-order valence-electron chi connectivity index (χ4n) is 3.83. The molecule has 3 nitrogen and oxygen atoms in total. The standard InChI is InChI=1S/C17H26N2OS/c18-14-9-7-13(8-10-14)17(20)19-16(12-4-1-2-5-12)15-6-3-11-21-15/h3,6,11-14,16H,1-2,4-5,7-10,18H2,(H,19,20). The first-order chi connectivity index (χ1) is 10.2. The minimum Gasteiger partial charge on any atom is -0.348 e. The summed E-state index contributed by atoms with van der Waals surface area (Å²) in [4.78, 5) is 13.9. The zero-order valence-corrected chi connectivity index (χ0v) is 13.4. The van der Waals surface area contributed by atoms with Crippen molar-refractivity contribution < 1.29 is 4.79 Å². The van der Waals surface area contributed by atoms with Crippen LogP contribution in [0.25, 0.3) is 0 Å². The van der Waals surface area contributed by atoms with Crippen molar-refractivity contribution in [2.45, 2.75) is 63.5 Å². The van der Waals surface area contributed by atoms with Crippen LogP contribution in [0.2, 0.25) is 0 Å². The van der Waals surface area contributed by atoms with E-state index in [2.05, 4.69) is 22.8 Å². The lowest BCUT2D eigenvalue weighted by Crippen LogP contribution is -2.39. The molecule has 0 aliphatic heterocycles. The van der Waals surface area contributed by atoms with Gasteiger partial charge in [0, 0.05) is 16.8 Å². The molecular weight excluding hydrogens is 280 g/mol. The van der Waals surface area contributed by atoms with Crippen LogP contribution in [0, 0.1) is 11.8 Å². The van der Waals surface area contributed by atoms with Crippen LogP contribution in [-0.4, -0.2) is 11.9 Å². The first-order valence-electron chi connectivity index (χ1n) is 8.33. The molecule has 3 N–H and O–H groups in total. The lowest BCUT2D eigenvalue weighted by atomic mass is 9.85. The number of hydrogen-bond donors (Lipinski definition) is 2. The van der Waals surface area contributed by atoms with Crippen LogP contribution in [0.5, 0.6) is 0 Å². The van der Waals surface area contributed by atoms with E-state index in [1.807, 2.05) is 0 Å². The second-order valence-electron chi connectivity index (χ2n) is 6.66. The summed E-state index contributed by atoms with van der Waals surface area (Å²) in [6.07, 6.45) is 9.00. The molecule has 2 aliphatic carbocycles. The van der Waals surface area contributed by atoms with Gasteiger partial charge in [0.05, 0.1) is 6.04 Å². The fraction of sp³-hybridized carbons (Fsp3) is 0.706. The number of rotatable bonds is 4. The summed E-state index contributed by atoms with van der Waals surface area (Å²) in [5.41, 5.74) is 5.95. The molecule has 116 valence electrons. The Bertz CT molecular complexity index is 445. The predicted molar refractivity (Wildman–Crippen MR) is 87.1 cm³/mol. The van der Waals surface area contributed by atoms with Crippen molar-refractivity contribution in [1.29, 1.82) is 0 Å². The Kier molecular flexibility index (Phi) is 4.96. The first kappa shape index (κ1) is 15.0. The summed E-state index contributed by atoms with van der Waals surface area (Å²) in [5.74, 6) is 1.05. The number of carbonyl (C=O) groups excluding carboxylic acids is 1. The van der Waals surface area contributed by atoms with Crippen LogP contribution in [0.4, 0.5) is 0 Å². The Balaban J connectivity index is 1.65. The van der Waals surface area contributed by atoms with Crippen molar-refractivity contribution in [2.24, 2.45) is 17.6 Å². The second kappa shape index (κ2) is 6.93. The van der Waals surface area contributed by atoms with E-state index in [-0.39, 0.29) is 17.9 Å². The molecule has 0 spiro atoms. The lowest BCUT2D eigenvalue weighted by molar-refractivity contribution is -0.127. The van der Waals surface area contributed by atoms with Crippen LogP contribution >= 0.6 is 11.3 Å². The van der Waals surface area contributed by atoms with E-state index in [4.69, 9.17) is 5.73 Å². The second-order valence-corrected chi connectivity index (χ2v) is 7.64. The van der Waals surface area contributed by atoms with Crippen molar-refractivity contribution in [3.05, 3.63) is 22.4 Å². The number of nitrogens with two attached hydrogens (primary N) is 1. The average Bonchev–Trinajstić information content (AvgIpc) is 3.19. The van der Waals surface area contributed by atoms with E-state index in [1.54, 1.807) is 11.3 Å². The minimum absolute atomic E-state index is 0.175. The number of hydrogen-bond acceptors (Lipinski definition) is 3. The van der Waals surface area contributed by atoms with E-state index < -0.39 is 0 Å². The normalized spacial score (nSPS) is 28.4. The van der Waals surface area contributed by atoms with Gasteiger partial charge in [-0.15, -0.1) is 11.3 Å². The van der Waals surface area contributed by atoms with Gasteiger partial charge in [0.15, 0.2) is 0 Å². The molecule has 2 fully saturated rings.